The molecule has 0 radical (unpaired) electrons. The van der Waals surface area contributed by atoms with E-state index in [0.717, 1.165) is 30.0 Å². The van der Waals surface area contributed by atoms with Crippen molar-refractivity contribution in [3.8, 4) is 11.3 Å². The van der Waals surface area contributed by atoms with Crippen molar-refractivity contribution >= 4 is 17.6 Å². The molecular weight excluding hydrogens is 337 g/mol. The highest BCUT2D eigenvalue weighted by Crippen LogP contribution is 2.34. The largest absolute Gasteiger partial charge is 0.465 e. The summed E-state index contributed by atoms with van der Waals surface area (Å²) in [7, 11) is 0.994. The van der Waals surface area contributed by atoms with E-state index in [0.29, 0.717) is 0 Å². The van der Waals surface area contributed by atoms with E-state index in [2.05, 4.69) is 9.84 Å². The number of hydrogen-bond donors (Lipinski definition) is 0. The molecule has 1 aromatic carbocycles. The van der Waals surface area contributed by atoms with Gasteiger partial charge in [0.15, 0.2) is 0 Å². The lowest BCUT2D eigenvalue weighted by Gasteiger charge is -2.13. The van der Waals surface area contributed by atoms with Crippen LogP contribution in [-0.2, 0) is 16.9 Å². The van der Waals surface area contributed by atoms with Crippen molar-refractivity contribution in [2.45, 2.75) is 12.2 Å². The van der Waals surface area contributed by atoms with Crippen LogP contribution in [-0.4, -0.2) is 22.9 Å². The number of rotatable bonds is 3. The van der Waals surface area contributed by atoms with Gasteiger partial charge in [-0.2, -0.15) is 18.3 Å². The van der Waals surface area contributed by atoms with Crippen LogP contribution in [0, 0.1) is 0 Å². The Morgan fingerprint density at radius 3 is 2.57 bits per heavy atom. The quantitative estimate of drug-likeness (QED) is 0.633. The van der Waals surface area contributed by atoms with Gasteiger partial charge in [0, 0.05) is 11.6 Å². The molecule has 122 valence electrons. The molecule has 0 N–H and O–H groups in total. The lowest BCUT2D eigenvalue weighted by molar-refractivity contribution is -0.138. The minimum absolute atomic E-state index is 0.0869. The van der Waals surface area contributed by atoms with Crippen molar-refractivity contribution in [3.05, 3.63) is 51.8 Å². The average molecular weight is 347 g/mol. The maximum absolute atomic E-state index is 13.1. The summed E-state index contributed by atoms with van der Waals surface area (Å²) < 4.78 is 44.7. The first kappa shape index (κ1) is 17.0. The lowest BCUT2D eigenvalue weighted by atomic mass is 10.0. The van der Waals surface area contributed by atoms with E-state index in [4.69, 9.17) is 11.6 Å². The van der Waals surface area contributed by atoms with Crippen molar-refractivity contribution in [2.24, 2.45) is 0 Å². The molecule has 0 amide bonds. The summed E-state index contributed by atoms with van der Waals surface area (Å²) in [4.78, 5) is 22.9. The van der Waals surface area contributed by atoms with Crippen LogP contribution in [0.15, 0.2) is 35.1 Å². The Bertz CT molecular complexity index is 803. The number of hydrogen-bond acceptors (Lipinski definition) is 4. The molecule has 2 rings (SSSR count). The molecule has 2 aromatic rings. The summed E-state index contributed by atoms with van der Waals surface area (Å²) in [6.07, 6.45) is -4.75. The highest BCUT2D eigenvalue weighted by Gasteiger charge is 2.36. The van der Waals surface area contributed by atoms with Gasteiger partial charge in [0.2, 0.25) is 0 Å². The van der Waals surface area contributed by atoms with Gasteiger partial charge in [-0.3, -0.25) is 4.79 Å². The van der Waals surface area contributed by atoms with Crippen LogP contribution in [0.5, 0.6) is 0 Å². The fraction of sp³-hybridized carbons (Fsp3) is 0.214. The Kier molecular flexibility index (Phi) is 4.74. The topological polar surface area (TPSA) is 61.2 Å². The number of benzene rings is 1. The lowest BCUT2D eigenvalue weighted by Crippen LogP contribution is -2.20. The normalized spacial score (nSPS) is 11.3. The summed E-state index contributed by atoms with van der Waals surface area (Å²) in [6.45, 7) is 0. The SMILES string of the molecule is COC(=O)c1ccc(-c2ccc(=O)n(CCl)n2)cc1C(F)(F)F. The third-order valence-corrected chi connectivity index (χ3v) is 3.23. The van der Waals surface area contributed by atoms with Gasteiger partial charge in [0.25, 0.3) is 5.56 Å². The molecule has 9 heteroatoms. The fourth-order valence-corrected chi connectivity index (χ4v) is 2.09. The maximum Gasteiger partial charge on any atom is 0.417 e. The van der Waals surface area contributed by atoms with Crippen LogP contribution in [0.4, 0.5) is 13.2 Å². The van der Waals surface area contributed by atoms with Gasteiger partial charge < -0.3 is 4.74 Å². The Hall–Kier alpha value is -2.35. The standard InChI is InChI=1S/C14H10ClF3N2O3/c1-23-13(22)9-3-2-8(6-10(9)14(16,17)18)11-4-5-12(21)20(7-15)19-11/h2-6H,7H2,1H3. The second-order valence-corrected chi connectivity index (χ2v) is 4.66. The van der Waals surface area contributed by atoms with Gasteiger partial charge in [-0.25, -0.2) is 9.48 Å². The number of carbonyl (C=O) groups excluding carboxylic acids is 1. The second kappa shape index (κ2) is 6.41. The first-order valence-corrected chi connectivity index (χ1v) is 6.75. The van der Waals surface area contributed by atoms with Crippen molar-refractivity contribution in [1.82, 2.24) is 9.78 Å². The molecule has 1 aromatic heterocycles. The second-order valence-electron chi connectivity index (χ2n) is 4.43. The van der Waals surface area contributed by atoms with Gasteiger partial charge in [-0.15, -0.1) is 11.6 Å². The van der Waals surface area contributed by atoms with E-state index >= 15 is 0 Å². The molecule has 23 heavy (non-hydrogen) atoms. The Labute approximate surface area is 133 Å². The van der Waals surface area contributed by atoms with Gasteiger partial charge >= 0.3 is 12.1 Å². The maximum atomic E-state index is 13.1. The smallest absolute Gasteiger partial charge is 0.417 e. The zero-order valence-corrected chi connectivity index (χ0v) is 12.5. The number of halogens is 4. The molecule has 0 saturated carbocycles. The van der Waals surface area contributed by atoms with Crippen LogP contribution in [0.2, 0.25) is 0 Å². The number of methoxy groups -OCH3 is 1. The van der Waals surface area contributed by atoms with E-state index < -0.39 is 28.8 Å². The molecule has 0 aliphatic carbocycles. The fourth-order valence-electron chi connectivity index (χ4n) is 1.91. The Morgan fingerprint density at radius 2 is 2.00 bits per heavy atom. The summed E-state index contributed by atoms with van der Waals surface area (Å²) in [5.74, 6) is -1.09. The Balaban J connectivity index is 2.62. The van der Waals surface area contributed by atoms with Crippen LogP contribution >= 0.6 is 11.6 Å². The van der Waals surface area contributed by atoms with Crippen molar-refractivity contribution in [3.63, 3.8) is 0 Å². The van der Waals surface area contributed by atoms with E-state index in [1.165, 1.54) is 12.1 Å². The first-order valence-electron chi connectivity index (χ1n) is 6.22. The molecule has 0 spiro atoms. The molecule has 0 aliphatic heterocycles. The number of carbonyl (C=O) groups is 1. The third-order valence-electron chi connectivity index (χ3n) is 3.01. The van der Waals surface area contributed by atoms with Crippen LogP contribution in [0.25, 0.3) is 11.3 Å². The average Bonchev–Trinajstić information content (AvgIpc) is 2.53. The van der Waals surface area contributed by atoms with E-state index in [1.54, 1.807) is 0 Å². The molecule has 0 bridgehead atoms. The number of nitrogens with zero attached hydrogens (tertiary/aromatic N) is 2. The van der Waals surface area contributed by atoms with Crippen LogP contribution in [0.3, 0.4) is 0 Å². The number of aromatic nitrogens is 2. The molecular formula is C14H10ClF3N2O3. The van der Waals surface area contributed by atoms with Crippen molar-refractivity contribution < 1.29 is 22.7 Å². The Morgan fingerprint density at radius 1 is 1.30 bits per heavy atom. The number of alkyl halides is 4. The van der Waals surface area contributed by atoms with E-state index in [1.807, 2.05) is 0 Å². The van der Waals surface area contributed by atoms with E-state index in [9.17, 15) is 22.8 Å². The first-order chi connectivity index (χ1) is 10.8. The van der Waals surface area contributed by atoms with E-state index in [-0.39, 0.29) is 17.3 Å². The highest BCUT2D eigenvalue weighted by molar-refractivity contribution is 6.15. The highest BCUT2D eigenvalue weighted by atomic mass is 35.5. The summed E-state index contributed by atoms with van der Waals surface area (Å²) >= 11 is 5.54. The van der Waals surface area contributed by atoms with Gasteiger partial charge in [0.05, 0.1) is 23.9 Å². The zero-order chi connectivity index (χ0) is 17.2. The molecule has 0 saturated heterocycles. The van der Waals surface area contributed by atoms with Gasteiger partial charge in [-0.1, -0.05) is 6.07 Å². The minimum Gasteiger partial charge on any atom is -0.465 e. The van der Waals surface area contributed by atoms with Crippen molar-refractivity contribution in [1.29, 1.82) is 0 Å². The summed E-state index contributed by atoms with van der Waals surface area (Å²) in [6, 6.07) is 5.25. The summed E-state index contributed by atoms with van der Waals surface area (Å²) in [5.41, 5.74) is -2.02. The van der Waals surface area contributed by atoms with Gasteiger partial charge in [-0.05, 0) is 18.2 Å². The molecule has 5 nitrogen and oxygen atoms in total. The summed E-state index contributed by atoms with van der Waals surface area (Å²) in [5, 5.41) is 3.87. The third kappa shape index (κ3) is 3.53. The number of esters is 1. The predicted octanol–water partition coefficient (Wildman–Crippen LogP) is 2.91. The van der Waals surface area contributed by atoms with Crippen molar-refractivity contribution in [2.75, 3.05) is 7.11 Å². The number of ether oxygens (including phenoxy) is 1. The monoisotopic (exact) mass is 346 g/mol. The minimum atomic E-state index is -4.75. The zero-order valence-electron chi connectivity index (χ0n) is 11.7. The molecule has 0 aliphatic rings. The predicted molar refractivity (Wildman–Crippen MR) is 76.1 cm³/mol. The van der Waals surface area contributed by atoms with Gasteiger partial charge in [0.1, 0.15) is 6.00 Å². The molecule has 0 unspecified atom stereocenters. The molecule has 0 atom stereocenters. The molecule has 0 fully saturated rings. The van der Waals surface area contributed by atoms with Crippen LogP contribution < -0.4 is 5.56 Å². The molecule has 1 heterocycles. The van der Waals surface area contributed by atoms with Crippen LogP contribution in [0.1, 0.15) is 15.9 Å².